The molecular formula is C18H31N3O3. The summed E-state index contributed by atoms with van der Waals surface area (Å²) in [6, 6.07) is 0.334. The maximum atomic E-state index is 12.7. The third-order valence-corrected chi connectivity index (χ3v) is 4.44. The van der Waals surface area contributed by atoms with E-state index >= 15 is 0 Å². The Hall–Kier alpha value is -1.40. The zero-order valence-corrected chi connectivity index (χ0v) is 15.6. The van der Waals surface area contributed by atoms with E-state index in [1.165, 1.54) is 0 Å². The van der Waals surface area contributed by atoms with E-state index in [1.54, 1.807) is 0 Å². The predicted molar refractivity (Wildman–Crippen MR) is 93.3 cm³/mol. The molecule has 0 aliphatic carbocycles. The molecule has 136 valence electrons. The first-order valence-electron chi connectivity index (χ1n) is 8.96. The van der Waals surface area contributed by atoms with Gasteiger partial charge in [-0.05, 0) is 19.3 Å². The number of nitrogens with one attached hydrogen (secondary N) is 1. The van der Waals surface area contributed by atoms with Crippen molar-refractivity contribution in [2.45, 2.75) is 53.0 Å². The molecular weight excluding hydrogens is 306 g/mol. The molecule has 0 bridgehead atoms. The summed E-state index contributed by atoms with van der Waals surface area (Å²) < 4.78 is 10.8. The molecule has 1 amide bonds. The lowest BCUT2D eigenvalue weighted by Crippen LogP contribution is -2.49. The van der Waals surface area contributed by atoms with Crippen molar-refractivity contribution in [2.24, 2.45) is 5.92 Å². The van der Waals surface area contributed by atoms with Crippen LogP contribution < -0.4 is 5.32 Å². The van der Waals surface area contributed by atoms with Crippen LogP contribution in [0.1, 0.15) is 61.8 Å². The van der Waals surface area contributed by atoms with Crippen LogP contribution in [0.15, 0.2) is 4.52 Å². The number of aryl methyl sites for hydroxylation is 1. The molecule has 1 atom stereocenters. The molecule has 1 saturated heterocycles. The third kappa shape index (κ3) is 4.80. The minimum Gasteiger partial charge on any atom is -0.379 e. The monoisotopic (exact) mass is 337 g/mol. The summed E-state index contributed by atoms with van der Waals surface area (Å²) in [6.45, 7) is 14.3. The molecule has 1 aromatic heterocycles. The second-order valence-electron chi connectivity index (χ2n) is 7.30. The summed E-state index contributed by atoms with van der Waals surface area (Å²) in [5, 5.41) is 7.06. The molecule has 24 heavy (non-hydrogen) atoms. The molecule has 6 heteroatoms. The van der Waals surface area contributed by atoms with Gasteiger partial charge in [-0.15, -0.1) is 0 Å². The van der Waals surface area contributed by atoms with Gasteiger partial charge < -0.3 is 14.6 Å². The summed E-state index contributed by atoms with van der Waals surface area (Å²) in [7, 11) is 0. The molecule has 1 unspecified atom stereocenters. The first-order valence-corrected chi connectivity index (χ1v) is 8.96. The summed E-state index contributed by atoms with van der Waals surface area (Å²) >= 11 is 0. The predicted octanol–water partition coefficient (Wildman–Crippen LogP) is 2.58. The Morgan fingerprint density at radius 3 is 2.50 bits per heavy atom. The van der Waals surface area contributed by atoms with Crippen molar-refractivity contribution in [3.63, 3.8) is 0 Å². The maximum Gasteiger partial charge on any atom is 0.256 e. The minimum absolute atomic E-state index is 0.0838. The Bertz CT molecular complexity index is 534. The zero-order chi connectivity index (χ0) is 17.7. The van der Waals surface area contributed by atoms with Crippen LogP contribution >= 0.6 is 0 Å². The third-order valence-electron chi connectivity index (χ3n) is 4.44. The average Bonchev–Trinajstić information content (AvgIpc) is 2.93. The first kappa shape index (κ1) is 18.9. The van der Waals surface area contributed by atoms with E-state index in [0.717, 1.165) is 32.7 Å². The number of ether oxygens (including phenoxy) is 1. The van der Waals surface area contributed by atoms with Crippen LogP contribution in [0.4, 0.5) is 0 Å². The molecule has 0 aromatic carbocycles. The number of carbonyl (C=O) groups is 1. The number of carbonyl (C=O) groups excluding carboxylic acids is 1. The Kier molecular flexibility index (Phi) is 6.80. The number of morpholine rings is 1. The number of hydrogen-bond donors (Lipinski definition) is 1. The standard InChI is InChI=1S/C18H31N3O3/c1-12(2)10-15(21-6-8-23-9-7-21)11-19-18(22)16-14(5)20-24-17(16)13(3)4/h12-13,15H,6-11H2,1-5H3,(H,19,22). The summed E-state index contributed by atoms with van der Waals surface area (Å²) in [6.07, 6.45) is 1.06. The molecule has 2 rings (SSSR count). The van der Waals surface area contributed by atoms with Gasteiger partial charge in [0.15, 0.2) is 5.76 Å². The highest BCUT2D eigenvalue weighted by Crippen LogP contribution is 2.22. The Morgan fingerprint density at radius 2 is 1.92 bits per heavy atom. The van der Waals surface area contributed by atoms with Gasteiger partial charge in [0.25, 0.3) is 5.91 Å². The highest BCUT2D eigenvalue weighted by Gasteiger charge is 2.26. The van der Waals surface area contributed by atoms with Gasteiger partial charge in [-0.25, -0.2) is 0 Å². The highest BCUT2D eigenvalue weighted by molar-refractivity contribution is 5.96. The van der Waals surface area contributed by atoms with Crippen molar-refractivity contribution < 1.29 is 14.1 Å². The number of amides is 1. The molecule has 6 nitrogen and oxygen atoms in total. The van der Waals surface area contributed by atoms with Crippen LogP contribution in [0, 0.1) is 12.8 Å². The Morgan fingerprint density at radius 1 is 1.25 bits per heavy atom. The largest absolute Gasteiger partial charge is 0.379 e. The van der Waals surface area contributed by atoms with E-state index in [0.29, 0.717) is 35.5 Å². The fourth-order valence-electron chi connectivity index (χ4n) is 3.20. The molecule has 0 saturated carbocycles. The van der Waals surface area contributed by atoms with E-state index < -0.39 is 0 Å². The lowest BCUT2D eigenvalue weighted by molar-refractivity contribution is 0.0124. The van der Waals surface area contributed by atoms with Crippen LogP contribution in [0.5, 0.6) is 0 Å². The lowest BCUT2D eigenvalue weighted by Gasteiger charge is -2.35. The van der Waals surface area contributed by atoms with Crippen LogP contribution in [-0.4, -0.2) is 54.9 Å². The zero-order valence-electron chi connectivity index (χ0n) is 15.6. The molecule has 1 aromatic rings. The lowest BCUT2D eigenvalue weighted by atomic mass is 10.0. The van der Waals surface area contributed by atoms with Crippen molar-refractivity contribution in [2.75, 3.05) is 32.8 Å². The van der Waals surface area contributed by atoms with Crippen LogP contribution in [0.3, 0.4) is 0 Å². The van der Waals surface area contributed by atoms with Gasteiger partial charge in [-0.2, -0.15) is 0 Å². The Balaban J connectivity index is 2.02. The first-order chi connectivity index (χ1) is 11.4. The molecule has 1 aliphatic rings. The molecule has 0 radical (unpaired) electrons. The highest BCUT2D eigenvalue weighted by atomic mass is 16.5. The molecule has 1 aliphatic heterocycles. The average molecular weight is 337 g/mol. The summed E-state index contributed by atoms with van der Waals surface area (Å²) in [4.78, 5) is 15.1. The number of aromatic nitrogens is 1. The quantitative estimate of drug-likeness (QED) is 0.828. The van der Waals surface area contributed by atoms with Gasteiger partial charge in [0.1, 0.15) is 5.56 Å². The fourth-order valence-corrected chi connectivity index (χ4v) is 3.20. The van der Waals surface area contributed by atoms with Crippen molar-refractivity contribution in [1.29, 1.82) is 0 Å². The summed E-state index contributed by atoms with van der Waals surface area (Å²) in [5.41, 5.74) is 1.25. The van der Waals surface area contributed by atoms with Crippen molar-refractivity contribution in [1.82, 2.24) is 15.4 Å². The van der Waals surface area contributed by atoms with Gasteiger partial charge in [0.05, 0.1) is 18.9 Å². The van der Waals surface area contributed by atoms with Gasteiger partial charge in [0.2, 0.25) is 0 Å². The molecule has 1 N–H and O–H groups in total. The second-order valence-corrected chi connectivity index (χ2v) is 7.30. The Labute approximate surface area is 144 Å². The molecule has 1 fully saturated rings. The van der Waals surface area contributed by atoms with E-state index in [-0.39, 0.29) is 11.8 Å². The molecule has 2 heterocycles. The van der Waals surface area contributed by atoms with Gasteiger partial charge >= 0.3 is 0 Å². The normalized spacial score (nSPS) is 17.5. The van der Waals surface area contributed by atoms with Crippen molar-refractivity contribution in [3.8, 4) is 0 Å². The topological polar surface area (TPSA) is 67.6 Å². The van der Waals surface area contributed by atoms with E-state index in [1.807, 2.05) is 20.8 Å². The number of rotatable bonds is 7. The fraction of sp³-hybridized carbons (Fsp3) is 0.778. The smallest absolute Gasteiger partial charge is 0.256 e. The van der Waals surface area contributed by atoms with Crippen molar-refractivity contribution >= 4 is 5.91 Å². The van der Waals surface area contributed by atoms with Gasteiger partial charge in [-0.1, -0.05) is 32.9 Å². The van der Waals surface area contributed by atoms with Crippen LogP contribution in [0.2, 0.25) is 0 Å². The van der Waals surface area contributed by atoms with Crippen LogP contribution in [0.25, 0.3) is 0 Å². The van der Waals surface area contributed by atoms with Crippen LogP contribution in [-0.2, 0) is 4.74 Å². The maximum absolute atomic E-state index is 12.7. The van der Waals surface area contributed by atoms with Crippen molar-refractivity contribution in [3.05, 3.63) is 17.0 Å². The van der Waals surface area contributed by atoms with Gasteiger partial charge in [-0.3, -0.25) is 9.69 Å². The molecule has 0 spiro atoms. The van der Waals surface area contributed by atoms with E-state index in [4.69, 9.17) is 9.26 Å². The second kappa shape index (κ2) is 8.62. The minimum atomic E-state index is -0.0838. The number of hydrogen-bond acceptors (Lipinski definition) is 5. The number of nitrogens with zero attached hydrogens (tertiary/aromatic N) is 2. The van der Waals surface area contributed by atoms with E-state index in [9.17, 15) is 4.79 Å². The summed E-state index contributed by atoms with van der Waals surface area (Å²) in [5.74, 6) is 1.30. The SMILES string of the molecule is Cc1noc(C(C)C)c1C(=O)NCC(CC(C)C)N1CCOCC1. The van der Waals surface area contributed by atoms with Gasteiger partial charge in [0, 0.05) is 31.6 Å². The van der Waals surface area contributed by atoms with E-state index in [2.05, 4.69) is 29.2 Å².